The van der Waals surface area contributed by atoms with Crippen molar-refractivity contribution in [3.63, 3.8) is 0 Å². The van der Waals surface area contributed by atoms with Crippen LogP contribution in [0.15, 0.2) is 36.4 Å². The summed E-state index contributed by atoms with van der Waals surface area (Å²) in [5, 5.41) is 0. The number of fused-ring (bicyclic) bond motifs is 1. The predicted molar refractivity (Wildman–Crippen MR) is 71.2 cm³/mol. The maximum absolute atomic E-state index is 12.1. The highest BCUT2D eigenvalue weighted by molar-refractivity contribution is 5.96. The molecule has 2 heterocycles. The number of rotatable bonds is 1. The number of amides is 1. The van der Waals surface area contributed by atoms with Gasteiger partial charge in [-0.15, -0.1) is 0 Å². The van der Waals surface area contributed by atoms with E-state index in [-0.39, 0.29) is 5.91 Å². The van der Waals surface area contributed by atoms with Crippen LogP contribution in [-0.2, 0) is 6.42 Å². The van der Waals surface area contributed by atoms with Crippen molar-refractivity contribution in [3.05, 3.63) is 53.3 Å². The van der Waals surface area contributed by atoms with E-state index in [4.69, 9.17) is 0 Å². The van der Waals surface area contributed by atoms with Crippen LogP contribution in [0.4, 0.5) is 0 Å². The SMILES string of the molecule is Cc1cc2c(n1-c1ccccc1)CCN(C)C2=O. The van der Waals surface area contributed by atoms with E-state index in [9.17, 15) is 4.79 Å². The van der Waals surface area contributed by atoms with Crippen LogP contribution in [0.2, 0.25) is 0 Å². The molecule has 0 radical (unpaired) electrons. The van der Waals surface area contributed by atoms with E-state index in [0.717, 1.165) is 35.6 Å². The molecule has 3 nitrogen and oxygen atoms in total. The highest BCUT2D eigenvalue weighted by Gasteiger charge is 2.26. The van der Waals surface area contributed by atoms with E-state index in [0.29, 0.717) is 0 Å². The van der Waals surface area contributed by atoms with Gasteiger partial charge in [-0.2, -0.15) is 0 Å². The number of carbonyl (C=O) groups excluding carboxylic acids is 1. The predicted octanol–water partition coefficient (Wildman–Crippen LogP) is 2.41. The molecule has 0 N–H and O–H groups in total. The lowest BCUT2D eigenvalue weighted by atomic mass is 10.1. The third kappa shape index (κ3) is 1.55. The first-order chi connectivity index (χ1) is 8.68. The third-order valence-corrected chi connectivity index (χ3v) is 3.56. The summed E-state index contributed by atoms with van der Waals surface area (Å²) in [5.41, 5.74) is 4.25. The number of aromatic nitrogens is 1. The van der Waals surface area contributed by atoms with Gasteiger partial charge in [0.25, 0.3) is 5.91 Å². The van der Waals surface area contributed by atoms with Crippen molar-refractivity contribution in [2.75, 3.05) is 13.6 Å². The van der Waals surface area contributed by atoms with Crippen LogP contribution in [0, 0.1) is 6.92 Å². The summed E-state index contributed by atoms with van der Waals surface area (Å²) in [7, 11) is 1.86. The lowest BCUT2D eigenvalue weighted by molar-refractivity contribution is 0.0780. The molecule has 0 spiro atoms. The Bertz CT molecular complexity index is 598. The molecular weight excluding hydrogens is 224 g/mol. The second-order valence-corrected chi connectivity index (χ2v) is 4.79. The minimum absolute atomic E-state index is 0.133. The first-order valence-electron chi connectivity index (χ1n) is 6.20. The lowest BCUT2D eigenvalue weighted by Gasteiger charge is -2.24. The van der Waals surface area contributed by atoms with Crippen LogP contribution in [0.5, 0.6) is 0 Å². The van der Waals surface area contributed by atoms with Gasteiger partial charge in [0.05, 0.1) is 5.56 Å². The Morgan fingerprint density at radius 2 is 1.89 bits per heavy atom. The number of hydrogen-bond donors (Lipinski definition) is 0. The number of para-hydroxylation sites is 1. The number of hydrogen-bond acceptors (Lipinski definition) is 1. The molecule has 0 atom stereocenters. The highest BCUT2D eigenvalue weighted by atomic mass is 16.2. The van der Waals surface area contributed by atoms with Gasteiger partial charge in [0, 0.05) is 37.1 Å². The van der Waals surface area contributed by atoms with Crippen molar-refractivity contribution in [3.8, 4) is 5.69 Å². The topological polar surface area (TPSA) is 25.2 Å². The Labute approximate surface area is 107 Å². The van der Waals surface area contributed by atoms with Crippen molar-refractivity contribution >= 4 is 5.91 Å². The molecule has 1 amide bonds. The fourth-order valence-corrected chi connectivity index (χ4v) is 2.64. The molecule has 1 aromatic heterocycles. The van der Waals surface area contributed by atoms with Crippen LogP contribution in [0.1, 0.15) is 21.7 Å². The molecule has 2 aromatic rings. The Hall–Kier alpha value is -2.03. The molecule has 0 fully saturated rings. The Morgan fingerprint density at radius 1 is 1.17 bits per heavy atom. The normalized spacial score (nSPS) is 14.8. The van der Waals surface area contributed by atoms with Gasteiger partial charge in [0.2, 0.25) is 0 Å². The molecule has 0 unspecified atom stereocenters. The molecule has 3 rings (SSSR count). The lowest BCUT2D eigenvalue weighted by Crippen LogP contribution is -2.34. The van der Waals surface area contributed by atoms with Gasteiger partial charge in [0.1, 0.15) is 0 Å². The van der Waals surface area contributed by atoms with Crippen molar-refractivity contribution in [1.29, 1.82) is 0 Å². The maximum Gasteiger partial charge on any atom is 0.255 e. The first kappa shape index (κ1) is 11.1. The van der Waals surface area contributed by atoms with Gasteiger partial charge in [-0.05, 0) is 25.1 Å². The maximum atomic E-state index is 12.1. The molecule has 1 aromatic carbocycles. The Kier molecular flexibility index (Phi) is 2.47. The Morgan fingerprint density at radius 3 is 2.61 bits per heavy atom. The number of carbonyl (C=O) groups is 1. The van der Waals surface area contributed by atoms with E-state index in [1.165, 1.54) is 0 Å². The molecule has 1 aliphatic rings. The van der Waals surface area contributed by atoms with E-state index in [1.54, 1.807) is 4.90 Å². The van der Waals surface area contributed by atoms with Crippen LogP contribution >= 0.6 is 0 Å². The van der Waals surface area contributed by atoms with Gasteiger partial charge >= 0.3 is 0 Å². The van der Waals surface area contributed by atoms with Crippen LogP contribution in [0.25, 0.3) is 5.69 Å². The van der Waals surface area contributed by atoms with E-state index >= 15 is 0 Å². The molecule has 0 bridgehead atoms. The third-order valence-electron chi connectivity index (χ3n) is 3.56. The first-order valence-corrected chi connectivity index (χ1v) is 6.20. The fraction of sp³-hybridized carbons (Fsp3) is 0.267. The average Bonchev–Trinajstić information content (AvgIpc) is 2.72. The zero-order valence-corrected chi connectivity index (χ0v) is 10.7. The highest BCUT2D eigenvalue weighted by Crippen LogP contribution is 2.25. The molecule has 0 aliphatic carbocycles. The van der Waals surface area contributed by atoms with Crippen molar-refractivity contribution < 1.29 is 4.79 Å². The smallest absolute Gasteiger partial charge is 0.255 e. The van der Waals surface area contributed by atoms with Gasteiger partial charge in [0.15, 0.2) is 0 Å². The van der Waals surface area contributed by atoms with E-state index in [2.05, 4.69) is 23.6 Å². The summed E-state index contributed by atoms with van der Waals surface area (Å²) in [6.45, 7) is 2.85. The quantitative estimate of drug-likeness (QED) is 0.751. The van der Waals surface area contributed by atoms with Gasteiger partial charge in [-0.3, -0.25) is 4.79 Å². The van der Waals surface area contributed by atoms with Crippen molar-refractivity contribution in [2.45, 2.75) is 13.3 Å². The number of nitrogens with zero attached hydrogens (tertiary/aromatic N) is 2. The molecule has 0 saturated heterocycles. The van der Waals surface area contributed by atoms with Gasteiger partial charge < -0.3 is 9.47 Å². The standard InChI is InChI=1S/C15H16N2O/c1-11-10-13-14(8-9-16(2)15(13)18)17(11)12-6-4-3-5-7-12/h3-7,10H,8-9H2,1-2H3. The molecule has 18 heavy (non-hydrogen) atoms. The van der Waals surface area contributed by atoms with Crippen molar-refractivity contribution in [2.24, 2.45) is 0 Å². The van der Waals surface area contributed by atoms with Gasteiger partial charge in [-0.1, -0.05) is 18.2 Å². The molecule has 1 aliphatic heterocycles. The van der Waals surface area contributed by atoms with E-state index in [1.807, 2.05) is 31.3 Å². The van der Waals surface area contributed by atoms with Gasteiger partial charge in [-0.25, -0.2) is 0 Å². The summed E-state index contributed by atoms with van der Waals surface area (Å²) in [5.74, 6) is 0.133. The minimum atomic E-state index is 0.133. The van der Waals surface area contributed by atoms with Crippen molar-refractivity contribution in [1.82, 2.24) is 9.47 Å². The zero-order valence-electron chi connectivity index (χ0n) is 10.7. The van der Waals surface area contributed by atoms with Crippen LogP contribution in [0.3, 0.4) is 0 Å². The second-order valence-electron chi connectivity index (χ2n) is 4.79. The van der Waals surface area contributed by atoms with Crippen LogP contribution in [-0.4, -0.2) is 29.0 Å². The zero-order chi connectivity index (χ0) is 12.7. The largest absolute Gasteiger partial charge is 0.341 e. The average molecular weight is 240 g/mol. The summed E-state index contributed by atoms with van der Waals surface area (Å²) in [4.78, 5) is 13.9. The van der Waals surface area contributed by atoms with E-state index < -0.39 is 0 Å². The summed E-state index contributed by atoms with van der Waals surface area (Å²) in [6.07, 6.45) is 0.917. The number of aryl methyl sites for hydroxylation is 1. The fourth-order valence-electron chi connectivity index (χ4n) is 2.64. The van der Waals surface area contributed by atoms with Crippen LogP contribution < -0.4 is 0 Å². The molecule has 92 valence electrons. The Balaban J connectivity index is 2.19. The summed E-state index contributed by atoms with van der Waals surface area (Å²) in [6, 6.07) is 12.2. The monoisotopic (exact) mass is 240 g/mol. The molecule has 3 heteroatoms. The molecular formula is C15H16N2O. The number of likely N-dealkylation sites (N-methyl/N-ethyl adjacent to an activating group) is 1. The minimum Gasteiger partial charge on any atom is -0.341 e. The number of benzene rings is 1. The summed E-state index contributed by atoms with van der Waals surface area (Å²) < 4.78 is 2.19. The molecule has 0 saturated carbocycles. The second kappa shape index (κ2) is 4.02. The summed E-state index contributed by atoms with van der Waals surface area (Å²) >= 11 is 0.